The zero-order valence-corrected chi connectivity index (χ0v) is 13.0. The highest BCUT2D eigenvalue weighted by molar-refractivity contribution is 4.91. The lowest BCUT2D eigenvalue weighted by Crippen LogP contribution is -2.37. The van der Waals surface area contributed by atoms with E-state index in [0.717, 1.165) is 44.2 Å². The van der Waals surface area contributed by atoms with Gasteiger partial charge < -0.3 is 10.2 Å². The maximum Gasteiger partial charge on any atom is 0.0964 e. The highest BCUT2D eigenvalue weighted by Gasteiger charge is 2.17. The molecule has 114 valence electrons. The van der Waals surface area contributed by atoms with Gasteiger partial charge in [0.05, 0.1) is 12.2 Å². The Bertz CT molecular complexity index is 376. The first-order valence-electron chi connectivity index (χ1n) is 8.14. The second-order valence-electron chi connectivity index (χ2n) is 5.87. The molecule has 5 heteroatoms. The number of piperidine rings is 1. The monoisotopic (exact) mass is 279 g/mol. The van der Waals surface area contributed by atoms with Gasteiger partial charge in [-0.15, -0.1) is 5.10 Å². The standard InChI is InChI=1S/C15H29N5/c1-3-7-16-11-15-13-20(18-17-15)10-9-19-8-5-6-14(4-2)12-19/h13-14,16H,3-12H2,1-2H3. The fourth-order valence-corrected chi connectivity index (χ4v) is 2.85. The number of rotatable bonds is 8. The Morgan fingerprint density at radius 2 is 2.25 bits per heavy atom. The highest BCUT2D eigenvalue weighted by Crippen LogP contribution is 2.18. The normalized spacial score (nSPS) is 20.4. The zero-order valence-electron chi connectivity index (χ0n) is 13.0. The van der Waals surface area contributed by atoms with Crippen molar-refractivity contribution in [2.45, 2.75) is 52.6 Å². The fourth-order valence-electron chi connectivity index (χ4n) is 2.85. The van der Waals surface area contributed by atoms with Crippen molar-refractivity contribution < 1.29 is 0 Å². The first-order chi connectivity index (χ1) is 9.81. The molecule has 1 aliphatic rings. The Morgan fingerprint density at radius 1 is 1.35 bits per heavy atom. The van der Waals surface area contributed by atoms with E-state index < -0.39 is 0 Å². The summed E-state index contributed by atoms with van der Waals surface area (Å²) in [4.78, 5) is 2.58. The summed E-state index contributed by atoms with van der Waals surface area (Å²) in [6.07, 6.45) is 7.30. The van der Waals surface area contributed by atoms with Crippen LogP contribution in [0.1, 0.15) is 45.2 Å². The number of nitrogens with one attached hydrogen (secondary N) is 1. The first kappa shape index (κ1) is 15.4. The molecular weight excluding hydrogens is 250 g/mol. The summed E-state index contributed by atoms with van der Waals surface area (Å²) in [5.74, 6) is 0.897. The molecule has 0 spiro atoms. The van der Waals surface area contributed by atoms with E-state index in [-0.39, 0.29) is 0 Å². The van der Waals surface area contributed by atoms with Crippen molar-refractivity contribution in [3.05, 3.63) is 11.9 Å². The average Bonchev–Trinajstić information content (AvgIpc) is 2.94. The lowest BCUT2D eigenvalue weighted by Gasteiger charge is -2.32. The van der Waals surface area contributed by atoms with Crippen LogP contribution in [0, 0.1) is 5.92 Å². The van der Waals surface area contributed by atoms with E-state index >= 15 is 0 Å². The van der Waals surface area contributed by atoms with E-state index in [0.29, 0.717) is 0 Å². The lowest BCUT2D eigenvalue weighted by atomic mass is 9.96. The third-order valence-corrected chi connectivity index (χ3v) is 4.14. The third-order valence-electron chi connectivity index (χ3n) is 4.14. The van der Waals surface area contributed by atoms with Crippen LogP contribution in [0.25, 0.3) is 0 Å². The van der Waals surface area contributed by atoms with Crippen LogP contribution in [0.5, 0.6) is 0 Å². The topological polar surface area (TPSA) is 46.0 Å². The van der Waals surface area contributed by atoms with Gasteiger partial charge in [-0.25, -0.2) is 0 Å². The van der Waals surface area contributed by atoms with Crippen molar-refractivity contribution >= 4 is 0 Å². The van der Waals surface area contributed by atoms with Crippen LogP contribution in [-0.4, -0.2) is 46.1 Å². The van der Waals surface area contributed by atoms with Gasteiger partial charge in [0, 0.05) is 25.8 Å². The molecule has 2 rings (SSSR count). The Kier molecular flexibility index (Phi) is 6.47. The van der Waals surface area contributed by atoms with Crippen molar-refractivity contribution in [1.82, 2.24) is 25.2 Å². The summed E-state index contributed by atoms with van der Waals surface area (Å²) < 4.78 is 1.98. The smallest absolute Gasteiger partial charge is 0.0964 e. The Labute approximate surface area is 122 Å². The molecule has 1 aromatic heterocycles. The maximum absolute atomic E-state index is 4.22. The SMILES string of the molecule is CCCNCc1cn(CCN2CCCC(CC)C2)nn1. The number of likely N-dealkylation sites (tertiary alicyclic amines) is 1. The molecular formula is C15H29N5. The average molecular weight is 279 g/mol. The van der Waals surface area contributed by atoms with Crippen LogP contribution in [0.15, 0.2) is 6.20 Å². The van der Waals surface area contributed by atoms with Crippen LogP contribution in [-0.2, 0) is 13.1 Å². The van der Waals surface area contributed by atoms with E-state index in [2.05, 4.69) is 40.6 Å². The van der Waals surface area contributed by atoms with Gasteiger partial charge in [-0.05, 0) is 38.3 Å². The Hall–Kier alpha value is -0.940. The number of hydrogen-bond donors (Lipinski definition) is 1. The summed E-state index contributed by atoms with van der Waals surface area (Å²) in [6, 6.07) is 0. The van der Waals surface area contributed by atoms with Gasteiger partial charge in [-0.2, -0.15) is 0 Å². The molecule has 0 bridgehead atoms. The minimum Gasteiger partial charge on any atom is -0.311 e. The maximum atomic E-state index is 4.22. The molecule has 0 amide bonds. The fraction of sp³-hybridized carbons (Fsp3) is 0.867. The van der Waals surface area contributed by atoms with Crippen LogP contribution < -0.4 is 5.32 Å². The largest absolute Gasteiger partial charge is 0.311 e. The predicted octanol–water partition coefficient (Wildman–Crippen LogP) is 1.90. The van der Waals surface area contributed by atoms with Crippen molar-refractivity contribution in [2.75, 3.05) is 26.2 Å². The molecule has 1 aliphatic heterocycles. The van der Waals surface area contributed by atoms with E-state index in [9.17, 15) is 0 Å². The van der Waals surface area contributed by atoms with Gasteiger partial charge in [-0.1, -0.05) is 25.5 Å². The van der Waals surface area contributed by atoms with Crippen molar-refractivity contribution in [1.29, 1.82) is 0 Å². The van der Waals surface area contributed by atoms with E-state index in [1.165, 1.54) is 32.4 Å². The molecule has 0 aliphatic carbocycles. The molecule has 0 aromatic carbocycles. The van der Waals surface area contributed by atoms with Gasteiger partial charge in [-0.3, -0.25) is 4.68 Å². The van der Waals surface area contributed by atoms with Gasteiger partial charge in [0.15, 0.2) is 0 Å². The van der Waals surface area contributed by atoms with Gasteiger partial charge in [0.25, 0.3) is 0 Å². The van der Waals surface area contributed by atoms with E-state index in [4.69, 9.17) is 0 Å². The van der Waals surface area contributed by atoms with Gasteiger partial charge >= 0.3 is 0 Å². The molecule has 1 atom stereocenters. The van der Waals surface area contributed by atoms with Crippen LogP contribution in [0.3, 0.4) is 0 Å². The van der Waals surface area contributed by atoms with Gasteiger partial charge in [0.1, 0.15) is 0 Å². The summed E-state index contributed by atoms with van der Waals surface area (Å²) in [5.41, 5.74) is 1.04. The van der Waals surface area contributed by atoms with E-state index in [1.807, 2.05) is 4.68 Å². The molecule has 0 radical (unpaired) electrons. The molecule has 1 aromatic rings. The van der Waals surface area contributed by atoms with Crippen molar-refractivity contribution in [2.24, 2.45) is 5.92 Å². The predicted molar refractivity (Wildman–Crippen MR) is 81.5 cm³/mol. The molecule has 0 saturated carbocycles. The second-order valence-corrected chi connectivity index (χ2v) is 5.87. The molecule has 5 nitrogen and oxygen atoms in total. The summed E-state index contributed by atoms with van der Waals surface area (Å²) in [6.45, 7) is 10.9. The Balaban J connectivity index is 1.70. The third kappa shape index (κ3) is 4.87. The molecule has 20 heavy (non-hydrogen) atoms. The van der Waals surface area contributed by atoms with E-state index in [1.54, 1.807) is 0 Å². The second kappa shape index (κ2) is 8.37. The van der Waals surface area contributed by atoms with Crippen molar-refractivity contribution in [3.8, 4) is 0 Å². The van der Waals surface area contributed by atoms with Crippen LogP contribution in [0.4, 0.5) is 0 Å². The summed E-state index contributed by atoms with van der Waals surface area (Å²) >= 11 is 0. The molecule has 2 heterocycles. The quantitative estimate of drug-likeness (QED) is 0.738. The Morgan fingerprint density at radius 3 is 3.05 bits per heavy atom. The number of aromatic nitrogens is 3. The van der Waals surface area contributed by atoms with Crippen LogP contribution >= 0.6 is 0 Å². The summed E-state index contributed by atoms with van der Waals surface area (Å²) in [7, 11) is 0. The highest BCUT2D eigenvalue weighted by atomic mass is 15.4. The molecule has 1 fully saturated rings. The minimum atomic E-state index is 0.829. The minimum absolute atomic E-state index is 0.829. The molecule has 1 N–H and O–H groups in total. The molecule has 1 saturated heterocycles. The first-order valence-corrected chi connectivity index (χ1v) is 8.14. The molecule has 1 unspecified atom stereocenters. The van der Waals surface area contributed by atoms with Crippen LogP contribution in [0.2, 0.25) is 0 Å². The van der Waals surface area contributed by atoms with Crippen molar-refractivity contribution in [3.63, 3.8) is 0 Å². The zero-order chi connectivity index (χ0) is 14.2. The number of hydrogen-bond acceptors (Lipinski definition) is 4. The number of nitrogens with zero attached hydrogens (tertiary/aromatic N) is 4. The van der Waals surface area contributed by atoms with Gasteiger partial charge in [0.2, 0.25) is 0 Å². The summed E-state index contributed by atoms with van der Waals surface area (Å²) in [5, 5.41) is 11.8. The lowest BCUT2D eigenvalue weighted by molar-refractivity contribution is 0.164.